The van der Waals surface area contributed by atoms with Gasteiger partial charge in [-0.2, -0.15) is 0 Å². The third-order valence-electron chi connectivity index (χ3n) is 2.96. The third-order valence-corrected chi connectivity index (χ3v) is 3.29. The number of hydrogen-bond donors (Lipinski definition) is 1. The van der Waals surface area contributed by atoms with Crippen molar-refractivity contribution in [3.05, 3.63) is 52.8 Å². The molecule has 0 saturated carbocycles. The predicted molar refractivity (Wildman–Crippen MR) is 72.8 cm³/mol. The second kappa shape index (κ2) is 4.90. The van der Waals surface area contributed by atoms with Gasteiger partial charge < -0.3 is 10.1 Å². The molecule has 0 radical (unpaired) electrons. The summed E-state index contributed by atoms with van der Waals surface area (Å²) < 4.78 is 5.42. The summed E-state index contributed by atoms with van der Waals surface area (Å²) in [6.07, 6.45) is 3.87. The summed E-state index contributed by atoms with van der Waals surface area (Å²) in [6, 6.07) is 7.19. The number of nitrogens with one attached hydrogen (secondary N) is 1. The van der Waals surface area contributed by atoms with E-state index in [9.17, 15) is 4.79 Å². The Balaban J connectivity index is 1.82. The van der Waals surface area contributed by atoms with E-state index in [1.54, 1.807) is 12.3 Å². The van der Waals surface area contributed by atoms with E-state index >= 15 is 0 Å². The monoisotopic (exact) mass is 274 g/mol. The minimum Gasteiger partial charge on any atom is -0.493 e. The van der Waals surface area contributed by atoms with Crippen molar-refractivity contribution in [2.45, 2.75) is 6.42 Å². The van der Waals surface area contributed by atoms with Gasteiger partial charge >= 0.3 is 0 Å². The maximum absolute atomic E-state index is 12.1. The fourth-order valence-corrected chi connectivity index (χ4v) is 2.20. The van der Waals surface area contributed by atoms with Gasteiger partial charge in [0.1, 0.15) is 5.75 Å². The molecule has 0 saturated heterocycles. The second-order valence-corrected chi connectivity index (χ2v) is 4.64. The lowest BCUT2D eigenvalue weighted by Crippen LogP contribution is -2.12. The van der Waals surface area contributed by atoms with Crippen LogP contribution >= 0.6 is 11.6 Å². The van der Waals surface area contributed by atoms with Crippen molar-refractivity contribution >= 4 is 23.2 Å². The number of carbonyl (C=O) groups is 1. The first kappa shape index (κ1) is 12.0. The molecule has 19 heavy (non-hydrogen) atoms. The quantitative estimate of drug-likeness (QED) is 0.916. The van der Waals surface area contributed by atoms with E-state index in [1.165, 1.54) is 6.20 Å². The molecule has 1 amide bonds. The first-order valence-corrected chi connectivity index (χ1v) is 6.28. The van der Waals surface area contributed by atoms with Crippen LogP contribution < -0.4 is 10.1 Å². The molecule has 0 bridgehead atoms. The molecule has 96 valence electrons. The highest BCUT2D eigenvalue weighted by atomic mass is 35.5. The number of benzene rings is 1. The van der Waals surface area contributed by atoms with Gasteiger partial charge in [-0.05, 0) is 29.8 Å². The van der Waals surface area contributed by atoms with E-state index < -0.39 is 0 Å². The van der Waals surface area contributed by atoms with Crippen molar-refractivity contribution in [3.63, 3.8) is 0 Å². The number of aromatic nitrogens is 1. The van der Waals surface area contributed by atoms with Crippen molar-refractivity contribution in [1.29, 1.82) is 0 Å². The number of halogens is 1. The molecule has 3 rings (SSSR count). The fraction of sp³-hybridized carbons (Fsp3) is 0.143. The zero-order valence-electron chi connectivity index (χ0n) is 10.0. The van der Waals surface area contributed by atoms with Crippen LogP contribution in [-0.4, -0.2) is 17.5 Å². The van der Waals surface area contributed by atoms with Crippen molar-refractivity contribution in [3.8, 4) is 5.75 Å². The van der Waals surface area contributed by atoms with Gasteiger partial charge in [0.15, 0.2) is 0 Å². The summed E-state index contributed by atoms with van der Waals surface area (Å²) in [5.41, 5.74) is 2.20. The molecule has 0 aliphatic carbocycles. The highest BCUT2D eigenvalue weighted by Crippen LogP contribution is 2.28. The van der Waals surface area contributed by atoms with Crippen LogP contribution in [0, 0.1) is 0 Å². The molecular formula is C14H11ClN2O2. The largest absolute Gasteiger partial charge is 0.493 e. The molecule has 2 aromatic rings. The Bertz CT molecular complexity index is 643. The summed E-state index contributed by atoms with van der Waals surface area (Å²) in [7, 11) is 0. The lowest BCUT2D eigenvalue weighted by atomic mass is 10.1. The van der Waals surface area contributed by atoms with Crippen LogP contribution in [-0.2, 0) is 6.42 Å². The van der Waals surface area contributed by atoms with Crippen LogP contribution in [0.1, 0.15) is 15.9 Å². The molecular weight excluding hydrogens is 264 g/mol. The lowest BCUT2D eigenvalue weighted by Gasteiger charge is -2.07. The fourth-order valence-electron chi connectivity index (χ4n) is 2.01. The minimum absolute atomic E-state index is 0.267. The molecule has 0 unspecified atom stereocenters. The van der Waals surface area contributed by atoms with Gasteiger partial charge in [-0.3, -0.25) is 9.78 Å². The molecule has 0 fully saturated rings. The topological polar surface area (TPSA) is 51.2 Å². The summed E-state index contributed by atoms with van der Waals surface area (Å²) in [5, 5.41) is 3.20. The van der Waals surface area contributed by atoms with E-state index in [0.29, 0.717) is 17.2 Å². The van der Waals surface area contributed by atoms with Gasteiger partial charge in [0, 0.05) is 24.5 Å². The van der Waals surface area contributed by atoms with Crippen LogP contribution in [0.3, 0.4) is 0 Å². The van der Waals surface area contributed by atoms with Gasteiger partial charge in [0.05, 0.1) is 17.2 Å². The molecule has 5 heteroatoms. The summed E-state index contributed by atoms with van der Waals surface area (Å²) in [5.74, 6) is 0.620. The van der Waals surface area contributed by atoms with Gasteiger partial charge in [-0.15, -0.1) is 0 Å². The Hall–Kier alpha value is -2.07. The zero-order valence-corrected chi connectivity index (χ0v) is 10.8. The molecule has 1 aromatic carbocycles. The molecule has 1 aliphatic heterocycles. The zero-order chi connectivity index (χ0) is 13.2. The van der Waals surface area contributed by atoms with Crippen LogP contribution in [0.2, 0.25) is 5.02 Å². The summed E-state index contributed by atoms with van der Waals surface area (Å²) >= 11 is 5.96. The maximum atomic E-state index is 12.1. The van der Waals surface area contributed by atoms with Crippen molar-refractivity contribution in [2.24, 2.45) is 0 Å². The number of amides is 1. The molecule has 0 spiro atoms. The number of ether oxygens (including phenoxy) is 1. The summed E-state index contributed by atoms with van der Waals surface area (Å²) in [6.45, 7) is 0.696. The van der Waals surface area contributed by atoms with Gasteiger partial charge in [-0.25, -0.2) is 0 Å². The molecule has 1 N–H and O–H groups in total. The molecule has 1 aromatic heterocycles. The van der Waals surface area contributed by atoms with Crippen molar-refractivity contribution in [1.82, 2.24) is 4.98 Å². The summed E-state index contributed by atoms with van der Waals surface area (Å²) in [4.78, 5) is 16.0. The van der Waals surface area contributed by atoms with Gasteiger partial charge in [0.25, 0.3) is 5.91 Å². The maximum Gasteiger partial charge on any atom is 0.258 e. The smallest absolute Gasteiger partial charge is 0.258 e. The van der Waals surface area contributed by atoms with Crippen molar-refractivity contribution in [2.75, 3.05) is 11.9 Å². The van der Waals surface area contributed by atoms with Gasteiger partial charge in [-0.1, -0.05) is 11.6 Å². The first-order chi connectivity index (χ1) is 9.24. The number of rotatable bonds is 2. The average molecular weight is 275 g/mol. The van der Waals surface area contributed by atoms with Crippen LogP contribution in [0.5, 0.6) is 5.75 Å². The van der Waals surface area contributed by atoms with E-state index in [2.05, 4.69) is 10.3 Å². The predicted octanol–water partition coefficient (Wildman–Crippen LogP) is 2.92. The minimum atomic E-state index is -0.267. The number of pyridine rings is 1. The number of carbonyl (C=O) groups excluding carboxylic acids is 1. The van der Waals surface area contributed by atoms with E-state index in [1.807, 2.05) is 18.2 Å². The third kappa shape index (κ3) is 2.39. The highest BCUT2D eigenvalue weighted by Gasteiger charge is 2.14. The highest BCUT2D eigenvalue weighted by molar-refractivity contribution is 6.34. The van der Waals surface area contributed by atoms with Crippen LogP contribution in [0.15, 0.2) is 36.7 Å². The average Bonchev–Trinajstić information content (AvgIpc) is 2.86. The van der Waals surface area contributed by atoms with Crippen LogP contribution in [0.4, 0.5) is 5.69 Å². The van der Waals surface area contributed by atoms with Crippen molar-refractivity contribution < 1.29 is 9.53 Å². The number of anilines is 1. The Morgan fingerprint density at radius 2 is 2.26 bits per heavy atom. The van der Waals surface area contributed by atoms with E-state index in [0.717, 1.165) is 23.4 Å². The number of nitrogens with zero attached hydrogens (tertiary/aromatic N) is 1. The Labute approximate surface area is 115 Å². The van der Waals surface area contributed by atoms with E-state index in [4.69, 9.17) is 16.3 Å². The SMILES string of the molecule is O=C(Nc1ccc2c(c1)CCO2)c1cnccc1Cl. The van der Waals surface area contributed by atoms with E-state index in [-0.39, 0.29) is 5.91 Å². The lowest BCUT2D eigenvalue weighted by molar-refractivity contribution is 0.102. The first-order valence-electron chi connectivity index (χ1n) is 5.90. The Morgan fingerprint density at radius 3 is 3.11 bits per heavy atom. The Kier molecular flexibility index (Phi) is 3.09. The Morgan fingerprint density at radius 1 is 1.37 bits per heavy atom. The van der Waals surface area contributed by atoms with Crippen LogP contribution in [0.25, 0.3) is 0 Å². The number of hydrogen-bond acceptors (Lipinski definition) is 3. The standard InChI is InChI=1S/C14H11ClN2O2/c15-12-3-5-16-8-11(12)14(18)17-10-1-2-13-9(7-10)4-6-19-13/h1-3,5,7-8H,4,6H2,(H,17,18). The molecule has 1 aliphatic rings. The normalized spacial score (nSPS) is 12.7. The molecule has 2 heterocycles. The number of fused-ring (bicyclic) bond motifs is 1. The second-order valence-electron chi connectivity index (χ2n) is 4.23. The molecule has 4 nitrogen and oxygen atoms in total. The van der Waals surface area contributed by atoms with Gasteiger partial charge in [0.2, 0.25) is 0 Å². The molecule has 0 atom stereocenters.